The zero-order chi connectivity index (χ0) is 15.6. The molecule has 1 aromatic carbocycles. The fraction of sp³-hybridized carbons (Fsp3) is 0.400. The van der Waals surface area contributed by atoms with Crippen LogP contribution >= 0.6 is 0 Å². The minimum absolute atomic E-state index is 0.268. The van der Waals surface area contributed by atoms with Crippen LogP contribution in [0.15, 0.2) is 29.2 Å². The van der Waals surface area contributed by atoms with Crippen LogP contribution in [0.3, 0.4) is 0 Å². The molecule has 0 saturated heterocycles. The third kappa shape index (κ3) is 3.10. The van der Waals surface area contributed by atoms with Crippen molar-refractivity contribution >= 4 is 15.7 Å². The maximum atomic E-state index is 12.6. The molecule has 5 nitrogen and oxygen atoms in total. The lowest BCUT2D eigenvalue weighted by atomic mass is 10.2. The molecule has 1 heterocycles. The normalized spacial score (nSPS) is 11.6. The van der Waals surface area contributed by atoms with Gasteiger partial charge in [0.1, 0.15) is 4.90 Å². The standard InChI is InChI=1S/C15H21N3O2S/c1-5-13-7-9-14(10-8-13)17-21(19,20)15-11(3)16-18(6-2)12(15)4/h7-10,17H,5-6H2,1-4H3. The molecule has 0 bridgehead atoms. The van der Waals surface area contributed by atoms with Gasteiger partial charge in [-0.1, -0.05) is 19.1 Å². The Balaban J connectivity index is 2.36. The van der Waals surface area contributed by atoms with Crippen molar-refractivity contribution in [2.45, 2.75) is 45.6 Å². The van der Waals surface area contributed by atoms with Gasteiger partial charge < -0.3 is 0 Å². The number of sulfonamides is 1. The van der Waals surface area contributed by atoms with Crippen molar-refractivity contribution in [1.82, 2.24) is 9.78 Å². The number of anilines is 1. The van der Waals surface area contributed by atoms with E-state index < -0.39 is 10.0 Å². The summed E-state index contributed by atoms with van der Waals surface area (Å²) in [4.78, 5) is 0.268. The van der Waals surface area contributed by atoms with Crippen LogP contribution in [0.5, 0.6) is 0 Å². The van der Waals surface area contributed by atoms with Gasteiger partial charge in [-0.25, -0.2) is 8.42 Å². The first-order chi connectivity index (χ1) is 9.89. The van der Waals surface area contributed by atoms with Gasteiger partial charge in [0.05, 0.1) is 11.4 Å². The highest BCUT2D eigenvalue weighted by atomic mass is 32.2. The van der Waals surface area contributed by atoms with E-state index in [4.69, 9.17) is 0 Å². The molecule has 114 valence electrons. The van der Waals surface area contributed by atoms with Crippen molar-refractivity contribution in [2.75, 3.05) is 4.72 Å². The van der Waals surface area contributed by atoms with Gasteiger partial charge in [0, 0.05) is 12.2 Å². The van der Waals surface area contributed by atoms with Gasteiger partial charge in [0.15, 0.2) is 0 Å². The highest BCUT2D eigenvalue weighted by Gasteiger charge is 2.24. The van der Waals surface area contributed by atoms with Crippen LogP contribution in [0.25, 0.3) is 0 Å². The molecular weight excluding hydrogens is 286 g/mol. The number of nitrogens with zero attached hydrogens (tertiary/aromatic N) is 2. The molecule has 2 aromatic rings. The summed E-state index contributed by atoms with van der Waals surface area (Å²) in [6.07, 6.45) is 0.925. The molecule has 1 N–H and O–H groups in total. The van der Waals surface area contributed by atoms with E-state index in [9.17, 15) is 8.42 Å². The Labute approximate surface area is 126 Å². The van der Waals surface area contributed by atoms with Crippen molar-refractivity contribution in [2.24, 2.45) is 0 Å². The number of nitrogens with one attached hydrogen (secondary N) is 1. The van der Waals surface area contributed by atoms with Crippen LogP contribution in [-0.2, 0) is 23.0 Å². The lowest BCUT2D eigenvalue weighted by molar-refractivity contribution is 0.598. The van der Waals surface area contributed by atoms with Crippen molar-refractivity contribution < 1.29 is 8.42 Å². The monoisotopic (exact) mass is 307 g/mol. The first kappa shape index (κ1) is 15.6. The Morgan fingerprint density at radius 1 is 1.14 bits per heavy atom. The SMILES string of the molecule is CCc1ccc(NS(=O)(=O)c2c(C)nn(CC)c2C)cc1. The molecule has 21 heavy (non-hydrogen) atoms. The average Bonchev–Trinajstić information content (AvgIpc) is 2.74. The molecule has 0 aliphatic carbocycles. The van der Waals surface area contributed by atoms with E-state index in [1.807, 2.05) is 19.1 Å². The topological polar surface area (TPSA) is 64.0 Å². The number of hydrogen-bond acceptors (Lipinski definition) is 3. The molecule has 0 radical (unpaired) electrons. The quantitative estimate of drug-likeness (QED) is 0.923. The smallest absolute Gasteiger partial charge is 0.265 e. The van der Waals surface area contributed by atoms with Gasteiger partial charge in [-0.2, -0.15) is 5.10 Å². The molecule has 0 spiro atoms. The van der Waals surface area contributed by atoms with Crippen molar-refractivity contribution in [3.05, 3.63) is 41.2 Å². The summed E-state index contributed by atoms with van der Waals surface area (Å²) >= 11 is 0. The number of benzene rings is 1. The highest BCUT2D eigenvalue weighted by Crippen LogP contribution is 2.22. The van der Waals surface area contributed by atoms with Crippen molar-refractivity contribution in [3.63, 3.8) is 0 Å². The molecule has 0 aliphatic rings. The Bertz CT molecular complexity index is 731. The Morgan fingerprint density at radius 3 is 2.24 bits per heavy atom. The number of aryl methyl sites for hydroxylation is 3. The zero-order valence-electron chi connectivity index (χ0n) is 12.8. The van der Waals surface area contributed by atoms with Gasteiger partial charge in [-0.15, -0.1) is 0 Å². The predicted molar refractivity (Wildman–Crippen MR) is 84.0 cm³/mol. The second kappa shape index (κ2) is 5.89. The largest absolute Gasteiger partial charge is 0.280 e. The van der Waals surface area contributed by atoms with Crippen LogP contribution in [0.4, 0.5) is 5.69 Å². The summed E-state index contributed by atoms with van der Waals surface area (Å²) < 4.78 is 29.4. The Morgan fingerprint density at radius 2 is 1.76 bits per heavy atom. The second-order valence-corrected chi connectivity index (χ2v) is 6.59. The maximum Gasteiger partial charge on any atom is 0.265 e. The first-order valence-electron chi connectivity index (χ1n) is 7.04. The van der Waals surface area contributed by atoms with Crippen molar-refractivity contribution in [3.8, 4) is 0 Å². The van der Waals surface area contributed by atoms with Crippen molar-refractivity contribution in [1.29, 1.82) is 0 Å². The predicted octanol–water partition coefficient (Wildman–Crippen LogP) is 2.88. The highest BCUT2D eigenvalue weighted by molar-refractivity contribution is 7.92. The minimum Gasteiger partial charge on any atom is -0.280 e. The second-order valence-electron chi connectivity index (χ2n) is 4.97. The van der Waals surface area contributed by atoms with E-state index in [0.29, 0.717) is 23.6 Å². The van der Waals surface area contributed by atoms with E-state index in [1.54, 1.807) is 30.7 Å². The van der Waals surface area contributed by atoms with Gasteiger partial charge in [-0.05, 0) is 44.9 Å². The summed E-state index contributed by atoms with van der Waals surface area (Å²) in [5.74, 6) is 0. The molecule has 0 atom stereocenters. The lowest BCUT2D eigenvalue weighted by Gasteiger charge is -2.09. The van der Waals surface area contributed by atoms with E-state index in [2.05, 4.69) is 16.7 Å². The molecule has 0 aliphatic heterocycles. The number of rotatable bonds is 5. The van der Waals surface area contributed by atoms with Crippen LogP contribution in [0, 0.1) is 13.8 Å². The van der Waals surface area contributed by atoms with Crippen LogP contribution in [0.2, 0.25) is 0 Å². The Hall–Kier alpha value is -1.82. The Kier molecular flexibility index (Phi) is 4.37. The summed E-state index contributed by atoms with van der Waals surface area (Å²) in [5.41, 5.74) is 2.92. The third-order valence-electron chi connectivity index (χ3n) is 3.50. The van der Waals surface area contributed by atoms with Crippen LogP contribution in [-0.4, -0.2) is 18.2 Å². The first-order valence-corrected chi connectivity index (χ1v) is 8.53. The molecule has 0 unspecified atom stereocenters. The van der Waals surface area contributed by atoms with E-state index >= 15 is 0 Å². The van der Waals surface area contributed by atoms with E-state index in [1.165, 1.54) is 5.56 Å². The molecule has 0 saturated carbocycles. The molecule has 1 aromatic heterocycles. The van der Waals surface area contributed by atoms with Gasteiger partial charge in [0.2, 0.25) is 0 Å². The molecule has 6 heteroatoms. The fourth-order valence-electron chi connectivity index (χ4n) is 2.39. The molecule has 0 fully saturated rings. The molecule has 2 rings (SSSR count). The fourth-order valence-corrected chi connectivity index (χ4v) is 3.86. The molecule has 0 amide bonds. The van der Waals surface area contributed by atoms with Gasteiger partial charge in [-0.3, -0.25) is 9.40 Å². The summed E-state index contributed by atoms with van der Waals surface area (Å²) in [5, 5.41) is 4.26. The zero-order valence-corrected chi connectivity index (χ0v) is 13.7. The number of hydrogen-bond donors (Lipinski definition) is 1. The molecular formula is C15H21N3O2S. The van der Waals surface area contributed by atoms with Crippen LogP contribution in [0.1, 0.15) is 30.8 Å². The summed E-state index contributed by atoms with van der Waals surface area (Å²) in [6.45, 7) is 8.14. The van der Waals surface area contributed by atoms with Crippen LogP contribution < -0.4 is 4.72 Å². The van der Waals surface area contributed by atoms with Gasteiger partial charge in [0.25, 0.3) is 10.0 Å². The number of aromatic nitrogens is 2. The van der Waals surface area contributed by atoms with Gasteiger partial charge >= 0.3 is 0 Å². The summed E-state index contributed by atoms with van der Waals surface area (Å²) in [7, 11) is -3.62. The summed E-state index contributed by atoms with van der Waals surface area (Å²) in [6, 6.07) is 7.41. The van der Waals surface area contributed by atoms with E-state index in [0.717, 1.165) is 6.42 Å². The minimum atomic E-state index is -3.62. The maximum absolute atomic E-state index is 12.6. The van der Waals surface area contributed by atoms with E-state index in [-0.39, 0.29) is 4.90 Å². The lowest BCUT2D eigenvalue weighted by Crippen LogP contribution is -2.15. The average molecular weight is 307 g/mol. The third-order valence-corrected chi connectivity index (χ3v) is 5.13.